The summed E-state index contributed by atoms with van der Waals surface area (Å²) in [7, 11) is 0. The zero-order valence-electron chi connectivity index (χ0n) is 9.74. The maximum Gasteiger partial charge on any atom is 0.228 e. The van der Waals surface area contributed by atoms with Crippen molar-refractivity contribution in [2.45, 2.75) is 13.3 Å². The Hall–Kier alpha value is -2.51. The van der Waals surface area contributed by atoms with Gasteiger partial charge in [-0.25, -0.2) is 4.98 Å². The number of hydrogen-bond acceptors (Lipinski definition) is 7. The fourth-order valence-corrected chi connectivity index (χ4v) is 1.66. The molecule has 18 heavy (non-hydrogen) atoms. The number of nitrogens with zero attached hydrogens (tertiary/aromatic N) is 6. The van der Waals surface area contributed by atoms with Crippen LogP contribution in [0.4, 0.5) is 5.82 Å². The van der Waals surface area contributed by atoms with Crippen LogP contribution in [0.2, 0.25) is 0 Å². The van der Waals surface area contributed by atoms with Gasteiger partial charge in [0.25, 0.3) is 0 Å². The van der Waals surface area contributed by atoms with Gasteiger partial charge in [-0.05, 0) is 6.92 Å². The lowest BCUT2D eigenvalue weighted by atomic mass is 10.4. The van der Waals surface area contributed by atoms with Crippen LogP contribution in [0, 0.1) is 6.92 Å². The molecular weight excluding hydrogens is 234 g/mol. The van der Waals surface area contributed by atoms with Crippen molar-refractivity contribution in [3.05, 3.63) is 30.4 Å². The van der Waals surface area contributed by atoms with Crippen LogP contribution >= 0.6 is 0 Å². The first-order valence-corrected chi connectivity index (χ1v) is 5.50. The van der Waals surface area contributed by atoms with Crippen molar-refractivity contribution >= 4 is 11.5 Å². The molecule has 8 nitrogen and oxygen atoms in total. The zero-order chi connectivity index (χ0) is 12.4. The highest BCUT2D eigenvalue weighted by molar-refractivity contribution is 5.61. The number of hydrogen-bond donors (Lipinski definition) is 1. The molecule has 3 aromatic rings. The Labute approximate surface area is 102 Å². The molecule has 3 aromatic heterocycles. The van der Waals surface area contributed by atoms with Crippen LogP contribution in [0.5, 0.6) is 0 Å². The first-order chi connectivity index (χ1) is 8.84. The van der Waals surface area contributed by atoms with Gasteiger partial charge < -0.3 is 9.84 Å². The molecule has 0 bridgehead atoms. The first kappa shape index (κ1) is 10.6. The van der Waals surface area contributed by atoms with Crippen molar-refractivity contribution in [1.29, 1.82) is 0 Å². The zero-order valence-corrected chi connectivity index (χ0v) is 9.74. The summed E-state index contributed by atoms with van der Waals surface area (Å²) in [6.45, 7) is 2.53. The van der Waals surface area contributed by atoms with E-state index in [0.717, 1.165) is 5.82 Å². The molecule has 0 aliphatic heterocycles. The highest BCUT2D eigenvalue weighted by Crippen LogP contribution is 2.11. The number of aromatic nitrogens is 6. The normalized spacial score (nSPS) is 10.9. The van der Waals surface area contributed by atoms with E-state index in [4.69, 9.17) is 4.52 Å². The van der Waals surface area contributed by atoms with Gasteiger partial charge in [0.1, 0.15) is 5.82 Å². The molecule has 0 saturated heterocycles. The minimum atomic E-state index is 0.590. The third-order valence-electron chi connectivity index (χ3n) is 2.54. The van der Waals surface area contributed by atoms with Crippen molar-refractivity contribution in [2.75, 3.05) is 11.9 Å². The van der Waals surface area contributed by atoms with Crippen LogP contribution in [0.25, 0.3) is 5.65 Å². The monoisotopic (exact) mass is 245 g/mol. The lowest BCUT2D eigenvalue weighted by molar-refractivity contribution is 0.379. The van der Waals surface area contributed by atoms with E-state index in [1.165, 1.54) is 6.33 Å². The minimum Gasteiger partial charge on any atom is -0.366 e. The van der Waals surface area contributed by atoms with Crippen LogP contribution in [-0.2, 0) is 6.42 Å². The smallest absolute Gasteiger partial charge is 0.228 e. The summed E-state index contributed by atoms with van der Waals surface area (Å²) in [5.74, 6) is 2.11. The van der Waals surface area contributed by atoms with E-state index in [2.05, 4.69) is 30.6 Å². The van der Waals surface area contributed by atoms with E-state index in [0.29, 0.717) is 30.3 Å². The van der Waals surface area contributed by atoms with Crippen LogP contribution in [0.3, 0.4) is 0 Å². The minimum absolute atomic E-state index is 0.590. The molecule has 3 heterocycles. The Morgan fingerprint density at radius 3 is 3.11 bits per heavy atom. The van der Waals surface area contributed by atoms with E-state index in [9.17, 15) is 0 Å². The van der Waals surface area contributed by atoms with Crippen molar-refractivity contribution in [3.63, 3.8) is 0 Å². The topological polar surface area (TPSA) is 94.0 Å². The molecule has 0 atom stereocenters. The van der Waals surface area contributed by atoms with Crippen LogP contribution in [-0.4, -0.2) is 36.3 Å². The summed E-state index contributed by atoms with van der Waals surface area (Å²) in [6, 6.07) is 0. The Balaban J connectivity index is 1.74. The summed E-state index contributed by atoms with van der Waals surface area (Å²) in [5, 5.41) is 14.8. The Morgan fingerprint density at radius 2 is 2.28 bits per heavy atom. The Morgan fingerprint density at radius 1 is 1.33 bits per heavy atom. The molecule has 0 spiro atoms. The Bertz CT molecular complexity index is 645. The maximum absolute atomic E-state index is 4.91. The number of rotatable bonds is 4. The van der Waals surface area contributed by atoms with E-state index in [-0.39, 0.29) is 0 Å². The van der Waals surface area contributed by atoms with E-state index < -0.39 is 0 Å². The number of fused-ring (bicyclic) bond motifs is 1. The molecule has 8 heteroatoms. The van der Waals surface area contributed by atoms with Crippen molar-refractivity contribution < 1.29 is 4.52 Å². The molecule has 0 amide bonds. The Kier molecular flexibility index (Phi) is 2.60. The van der Waals surface area contributed by atoms with Gasteiger partial charge in [-0.15, -0.1) is 10.2 Å². The van der Waals surface area contributed by atoms with E-state index >= 15 is 0 Å². The molecule has 0 radical (unpaired) electrons. The quantitative estimate of drug-likeness (QED) is 0.713. The third-order valence-corrected chi connectivity index (χ3v) is 2.54. The standard InChI is InChI=1S/C10H11N7O/c1-7-15-16-10-9(12-4-5-17(7)10)11-3-2-8-13-6-14-18-8/h4-6H,2-3H2,1H3,(H,11,12). The van der Waals surface area contributed by atoms with Crippen LogP contribution in [0.1, 0.15) is 11.7 Å². The van der Waals surface area contributed by atoms with E-state index in [1.807, 2.05) is 17.5 Å². The molecule has 0 unspecified atom stereocenters. The number of nitrogens with one attached hydrogen (secondary N) is 1. The highest BCUT2D eigenvalue weighted by atomic mass is 16.5. The molecule has 0 aliphatic rings. The van der Waals surface area contributed by atoms with Crippen molar-refractivity contribution in [3.8, 4) is 0 Å². The maximum atomic E-state index is 4.91. The summed E-state index contributed by atoms with van der Waals surface area (Å²) < 4.78 is 6.79. The van der Waals surface area contributed by atoms with Crippen LogP contribution < -0.4 is 5.32 Å². The summed E-state index contributed by atoms with van der Waals surface area (Å²) in [6.07, 6.45) is 5.55. The largest absolute Gasteiger partial charge is 0.366 e. The lowest BCUT2D eigenvalue weighted by Gasteiger charge is -2.04. The number of aryl methyl sites for hydroxylation is 1. The average Bonchev–Trinajstić information content (AvgIpc) is 3.01. The summed E-state index contributed by atoms with van der Waals surface area (Å²) in [5.41, 5.74) is 0.709. The molecule has 92 valence electrons. The second-order valence-electron chi connectivity index (χ2n) is 3.73. The molecule has 0 aromatic carbocycles. The van der Waals surface area contributed by atoms with Gasteiger partial charge in [0, 0.05) is 25.4 Å². The average molecular weight is 245 g/mol. The molecular formula is C10H11N7O. The van der Waals surface area contributed by atoms with Gasteiger partial charge in [0.05, 0.1) is 0 Å². The van der Waals surface area contributed by atoms with Gasteiger partial charge in [0.2, 0.25) is 11.5 Å². The second-order valence-corrected chi connectivity index (χ2v) is 3.73. The fraction of sp³-hybridized carbons (Fsp3) is 0.300. The molecule has 0 saturated carbocycles. The fourth-order valence-electron chi connectivity index (χ4n) is 1.66. The number of anilines is 1. The van der Waals surface area contributed by atoms with Gasteiger partial charge in [-0.2, -0.15) is 4.98 Å². The van der Waals surface area contributed by atoms with Gasteiger partial charge in [-0.1, -0.05) is 5.16 Å². The predicted molar refractivity (Wildman–Crippen MR) is 62.0 cm³/mol. The third kappa shape index (κ3) is 1.88. The van der Waals surface area contributed by atoms with Gasteiger partial charge >= 0.3 is 0 Å². The van der Waals surface area contributed by atoms with Gasteiger partial charge in [0.15, 0.2) is 12.1 Å². The molecule has 0 fully saturated rings. The SMILES string of the molecule is Cc1nnc2c(NCCc3ncno3)nccn12. The molecule has 3 rings (SSSR count). The summed E-state index contributed by atoms with van der Waals surface area (Å²) >= 11 is 0. The van der Waals surface area contributed by atoms with Gasteiger partial charge in [-0.3, -0.25) is 4.40 Å². The predicted octanol–water partition coefficient (Wildman–Crippen LogP) is 0.470. The van der Waals surface area contributed by atoms with Crippen molar-refractivity contribution in [2.24, 2.45) is 0 Å². The van der Waals surface area contributed by atoms with Crippen LogP contribution in [0.15, 0.2) is 23.2 Å². The molecule has 0 aliphatic carbocycles. The van der Waals surface area contributed by atoms with E-state index in [1.54, 1.807) is 6.20 Å². The second kappa shape index (κ2) is 4.40. The lowest BCUT2D eigenvalue weighted by Crippen LogP contribution is -2.08. The van der Waals surface area contributed by atoms with Crippen molar-refractivity contribution in [1.82, 2.24) is 29.7 Å². The highest BCUT2D eigenvalue weighted by Gasteiger charge is 2.07. The first-order valence-electron chi connectivity index (χ1n) is 5.50. The molecule has 1 N–H and O–H groups in total. The summed E-state index contributed by atoms with van der Waals surface area (Å²) in [4.78, 5) is 8.18.